The largest absolute Gasteiger partial charge is 0.370 e. The van der Waals surface area contributed by atoms with Crippen molar-refractivity contribution in [3.8, 4) is 0 Å². The van der Waals surface area contributed by atoms with Crippen molar-refractivity contribution in [3.05, 3.63) is 42.1 Å². The van der Waals surface area contributed by atoms with Crippen molar-refractivity contribution < 1.29 is 13.2 Å². The Labute approximate surface area is 153 Å². The second kappa shape index (κ2) is 7.33. The van der Waals surface area contributed by atoms with Crippen molar-refractivity contribution in [2.45, 2.75) is 31.6 Å². The normalized spacial score (nSPS) is 13.4. The SMILES string of the molecule is CCCNc1ccc(NS(=O)(=O)c2ccc3c(c2)CCN3C(C)=O)cn1. The number of aromatic nitrogens is 1. The molecular formula is C18H22N4O3S. The van der Waals surface area contributed by atoms with Crippen LogP contribution in [0.25, 0.3) is 0 Å². The summed E-state index contributed by atoms with van der Waals surface area (Å²) in [6.45, 7) is 4.96. The second-order valence-electron chi connectivity index (χ2n) is 6.18. The van der Waals surface area contributed by atoms with Gasteiger partial charge in [0.1, 0.15) is 5.82 Å². The van der Waals surface area contributed by atoms with Gasteiger partial charge in [-0.3, -0.25) is 9.52 Å². The molecule has 1 aliphatic heterocycles. The minimum Gasteiger partial charge on any atom is -0.370 e. The van der Waals surface area contributed by atoms with Gasteiger partial charge < -0.3 is 10.2 Å². The van der Waals surface area contributed by atoms with Gasteiger partial charge in [-0.1, -0.05) is 6.92 Å². The molecule has 0 aliphatic carbocycles. The number of benzene rings is 1. The van der Waals surface area contributed by atoms with Crippen molar-refractivity contribution in [1.29, 1.82) is 0 Å². The Morgan fingerprint density at radius 2 is 2.08 bits per heavy atom. The van der Waals surface area contributed by atoms with E-state index in [9.17, 15) is 13.2 Å². The predicted molar refractivity (Wildman–Crippen MR) is 102 cm³/mol. The van der Waals surface area contributed by atoms with Crippen molar-refractivity contribution >= 4 is 33.1 Å². The Morgan fingerprint density at radius 3 is 2.73 bits per heavy atom. The molecule has 0 fully saturated rings. The number of amides is 1. The molecule has 1 aliphatic rings. The maximum absolute atomic E-state index is 12.6. The zero-order chi connectivity index (χ0) is 18.7. The van der Waals surface area contributed by atoms with E-state index in [-0.39, 0.29) is 10.8 Å². The third kappa shape index (κ3) is 3.80. The van der Waals surface area contributed by atoms with Crippen LogP contribution in [0.15, 0.2) is 41.4 Å². The average Bonchev–Trinajstić information content (AvgIpc) is 3.04. The molecule has 0 unspecified atom stereocenters. The number of nitrogens with one attached hydrogen (secondary N) is 2. The van der Waals surface area contributed by atoms with E-state index in [4.69, 9.17) is 0 Å². The molecule has 0 saturated carbocycles. The maximum atomic E-state index is 12.6. The first-order valence-corrected chi connectivity index (χ1v) is 10.0. The summed E-state index contributed by atoms with van der Waals surface area (Å²) in [5, 5.41) is 3.14. The van der Waals surface area contributed by atoms with Crippen LogP contribution >= 0.6 is 0 Å². The fourth-order valence-corrected chi connectivity index (χ4v) is 3.99. The van der Waals surface area contributed by atoms with Gasteiger partial charge in [0.05, 0.1) is 16.8 Å². The fourth-order valence-electron chi connectivity index (χ4n) is 2.90. The third-order valence-electron chi connectivity index (χ3n) is 4.21. The number of anilines is 3. The number of sulfonamides is 1. The molecule has 1 aromatic carbocycles. The summed E-state index contributed by atoms with van der Waals surface area (Å²) in [6, 6.07) is 8.25. The first-order chi connectivity index (χ1) is 12.4. The van der Waals surface area contributed by atoms with Crippen molar-refractivity contribution in [2.24, 2.45) is 0 Å². The van der Waals surface area contributed by atoms with E-state index in [2.05, 4.69) is 21.9 Å². The maximum Gasteiger partial charge on any atom is 0.261 e. The number of pyridine rings is 1. The van der Waals surface area contributed by atoms with Crippen LogP contribution < -0.4 is 14.9 Å². The van der Waals surface area contributed by atoms with Crippen LogP contribution in [0.2, 0.25) is 0 Å². The van der Waals surface area contributed by atoms with Crippen molar-refractivity contribution in [1.82, 2.24) is 4.98 Å². The van der Waals surface area contributed by atoms with E-state index in [1.807, 2.05) is 0 Å². The molecule has 2 aromatic rings. The molecule has 3 rings (SSSR count). The Hall–Kier alpha value is -2.61. The number of hydrogen-bond donors (Lipinski definition) is 2. The summed E-state index contributed by atoms with van der Waals surface area (Å²) in [5.74, 6) is 0.664. The molecule has 138 valence electrons. The first kappa shape index (κ1) is 18.2. The molecule has 26 heavy (non-hydrogen) atoms. The highest BCUT2D eigenvalue weighted by Crippen LogP contribution is 2.30. The van der Waals surface area contributed by atoms with Gasteiger partial charge in [0, 0.05) is 25.7 Å². The highest BCUT2D eigenvalue weighted by Gasteiger charge is 2.24. The van der Waals surface area contributed by atoms with Gasteiger partial charge in [-0.25, -0.2) is 13.4 Å². The van der Waals surface area contributed by atoms with E-state index in [1.54, 1.807) is 29.2 Å². The predicted octanol–water partition coefficient (Wildman–Crippen LogP) is 2.61. The number of carbonyl (C=O) groups excluding carboxylic acids is 1. The zero-order valence-corrected chi connectivity index (χ0v) is 15.6. The van der Waals surface area contributed by atoms with Crippen LogP contribution in [-0.2, 0) is 21.2 Å². The van der Waals surface area contributed by atoms with Crippen LogP contribution in [0.1, 0.15) is 25.8 Å². The van der Waals surface area contributed by atoms with Crippen molar-refractivity contribution in [2.75, 3.05) is 28.0 Å². The molecule has 0 atom stereocenters. The van der Waals surface area contributed by atoms with Gasteiger partial charge in [-0.15, -0.1) is 0 Å². The Bertz CT molecular complexity index is 911. The summed E-state index contributed by atoms with van der Waals surface area (Å²) in [5.41, 5.74) is 2.04. The minimum atomic E-state index is -3.72. The lowest BCUT2D eigenvalue weighted by Gasteiger charge is -2.15. The van der Waals surface area contributed by atoms with Crippen LogP contribution in [0.5, 0.6) is 0 Å². The molecular weight excluding hydrogens is 352 g/mol. The van der Waals surface area contributed by atoms with Gasteiger partial charge in [-0.05, 0) is 48.7 Å². The lowest BCUT2D eigenvalue weighted by molar-refractivity contribution is -0.116. The Balaban J connectivity index is 1.77. The number of nitrogens with zero attached hydrogens (tertiary/aromatic N) is 2. The number of hydrogen-bond acceptors (Lipinski definition) is 5. The quantitative estimate of drug-likeness (QED) is 0.811. The smallest absolute Gasteiger partial charge is 0.261 e. The monoisotopic (exact) mass is 374 g/mol. The van der Waals surface area contributed by atoms with Crippen LogP contribution in [0, 0.1) is 0 Å². The summed E-state index contributed by atoms with van der Waals surface area (Å²) in [7, 11) is -3.72. The zero-order valence-electron chi connectivity index (χ0n) is 14.8. The molecule has 2 heterocycles. The number of fused-ring (bicyclic) bond motifs is 1. The molecule has 1 aromatic heterocycles. The van der Waals surface area contributed by atoms with Gasteiger partial charge in [0.2, 0.25) is 5.91 Å². The highest BCUT2D eigenvalue weighted by atomic mass is 32.2. The molecule has 7 nitrogen and oxygen atoms in total. The second-order valence-corrected chi connectivity index (χ2v) is 7.86. The lowest BCUT2D eigenvalue weighted by Crippen LogP contribution is -2.25. The van der Waals surface area contributed by atoms with E-state index in [0.717, 1.165) is 24.2 Å². The average molecular weight is 374 g/mol. The van der Waals surface area contributed by atoms with Crippen LogP contribution in [0.4, 0.5) is 17.2 Å². The minimum absolute atomic E-state index is 0.0414. The van der Waals surface area contributed by atoms with Gasteiger partial charge in [0.15, 0.2) is 0 Å². The molecule has 8 heteroatoms. The Morgan fingerprint density at radius 1 is 1.27 bits per heavy atom. The van der Waals surface area contributed by atoms with Crippen LogP contribution in [0.3, 0.4) is 0 Å². The van der Waals surface area contributed by atoms with Crippen LogP contribution in [-0.4, -0.2) is 32.4 Å². The number of carbonyl (C=O) groups is 1. The van der Waals surface area contributed by atoms with Gasteiger partial charge >= 0.3 is 0 Å². The van der Waals surface area contributed by atoms with Crippen molar-refractivity contribution in [3.63, 3.8) is 0 Å². The molecule has 0 bridgehead atoms. The summed E-state index contributed by atoms with van der Waals surface area (Å²) < 4.78 is 27.8. The van der Waals surface area contributed by atoms with Gasteiger partial charge in [0.25, 0.3) is 10.0 Å². The highest BCUT2D eigenvalue weighted by molar-refractivity contribution is 7.92. The van der Waals surface area contributed by atoms with Gasteiger partial charge in [-0.2, -0.15) is 0 Å². The molecule has 0 spiro atoms. The summed E-state index contributed by atoms with van der Waals surface area (Å²) in [4.78, 5) is 17.6. The third-order valence-corrected chi connectivity index (χ3v) is 5.59. The Kier molecular flexibility index (Phi) is 5.13. The van der Waals surface area contributed by atoms with E-state index in [0.29, 0.717) is 24.5 Å². The molecule has 2 N–H and O–H groups in total. The fraction of sp³-hybridized carbons (Fsp3) is 0.333. The van der Waals surface area contributed by atoms with E-state index < -0.39 is 10.0 Å². The molecule has 1 amide bonds. The molecule has 0 saturated heterocycles. The first-order valence-electron chi connectivity index (χ1n) is 8.54. The summed E-state index contributed by atoms with van der Waals surface area (Å²) in [6.07, 6.45) is 3.12. The summed E-state index contributed by atoms with van der Waals surface area (Å²) >= 11 is 0. The lowest BCUT2D eigenvalue weighted by atomic mass is 10.2. The van der Waals surface area contributed by atoms with E-state index in [1.165, 1.54) is 19.2 Å². The topological polar surface area (TPSA) is 91.4 Å². The number of rotatable bonds is 6. The standard InChI is InChI=1S/C18H22N4O3S/c1-3-9-19-18-7-4-15(12-20-18)21-26(24,25)16-5-6-17-14(11-16)8-10-22(17)13(2)23/h4-7,11-12,21H,3,8-10H2,1-2H3,(H,19,20). The molecule has 0 radical (unpaired) electrons. The van der Waals surface area contributed by atoms with E-state index >= 15 is 0 Å².